The molecular weight excluding hydrogens is 369 g/mol. The summed E-state index contributed by atoms with van der Waals surface area (Å²) in [5, 5.41) is 5.79. The summed E-state index contributed by atoms with van der Waals surface area (Å²) >= 11 is 0. The van der Waals surface area contributed by atoms with Crippen LogP contribution < -0.4 is 16.1 Å². The van der Waals surface area contributed by atoms with Gasteiger partial charge in [-0.15, -0.1) is 0 Å². The summed E-state index contributed by atoms with van der Waals surface area (Å²) in [4.78, 5) is 24.4. The highest BCUT2D eigenvalue weighted by Crippen LogP contribution is 2.42. The van der Waals surface area contributed by atoms with Crippen LogP contribution in [0.15, 0.2) is 0 Å². The number of amides is 2. The summed E-state index contributed by atoms with van der Waals surface area (Å²) < 4.78 is 22.7. The van der Waals surface area contributed by atoms with Gasteiger partial charge >= 0.3 is 7.75 Å². The van der Waals surface area contributed by atoms with E-state index in [1.807, 2.05) is 0 Å². The molecule has 0 aromatic rings. The second-order valence-corrected chi connectivity index (χ2v) is 9.22. The molecular formula is C18H34N3O5P. The first-order valence-electron chi connectivity index (χ1n) is 10.1. The summed E-state index contributed by atoms with van der Waals surface area (Å²) in [5.41, 5.74) is 5.61. The molecule has 2 rings (SSSR count). The van der Waals surface area contributed by atoms with Gasteiger partial charge in [-0.2, -0.15) is 0 Å². The smallest absolute Gasteiger partial charge is 0.351 e. The van der Waals surface area contributed by atoms with Crippen LogP contribution in [0.2, 0.25) is 0 Å². The SMILES string of the molecule is C[C@H](OP(N)(=O)O[C@@H](C)C(=O)NC1CCCCC1)C(=O)NC1CCCCC1. The fraction of sp³-hybridized carbons (Fsp3) is 0.889. The monoisotopic (exact) mass is 403 g/mol. The van der Waals surface area contributed by atoms with Crippen LogP contribution in [-0.2, 0) is 23.2 Å². The summed E-state index contributed by atoms with van der Waals surface area (Å²) in [6.07, 6.45) is 8.45. The quantitative estimate of drug-likeness (QED) is 0.536. The Balaban J connectivity index is 1.76. The van der Waals surface area contributed by atoms with Crippen molar-refractivity contribution in [3.63, 3.8) is 0 Å². The van der Waals surface area contributed by atoms with Crippen LogP contribution in [0.25, 0.3) is 0 Å². The van der Waals surface area contributed by atoms with E-state index in [-0.39, 0.29) is 23.9 Å². The average Bonchev–Trinajstić information content (AvgIpc) is 2.62. The molecule has 0 aromatic heterocycles. The molecule has 0 heterocycles. The maximum absolute atomic E-state index is 12.4. The van der Waals surface area contributed by atoms with E-state index in [4.69, 9.17) is 14.6 Å². The lowest BCUT2D eigenvalue weighted by Crippen LogP contribution is -2.43. The van der Waals surface area contributed by atoms with Crippen molar-refractivity contribution in [2.75, 3.05) is 0 Å². The van der Waals surface area contributed by atoms with E-state index in [0.29, 0.717) is 0 Å². The Morgan fingerprint density at radius 2 is 1.15 bits per heavy atom. The number of hydrogen-bond donors (Lipinski definition) is 3. The van der Waals surface area contributed by atoms with E-state index in [1.54, 1.807) is 0 Å². The molecule has 2 amide bonds. The van der Waals surface area contributed by atoms with Gasteiger partial charge in [0.25, 0.3) is 0 Å². The molecule has 2 saturated carbocycles. The molecule has 0 unspecified atom stereocenters. The number of carbonyl (C=O) groups is 2. The molecule has 9 heteroatoms. The lowest BCUT2D eigenvalue weighted by molar-refractivity contribution is -0.130. The molecule has 0 bridgehead atoms. The van der Waals surface area contributed by atoms with Gasteiger partial charge in [-0.05, 0) is 39.5 Å². The zero-order valence-electron chi connectivity index (χ0n) is 16.4. The predicted molar refractivity (Wildman–Crippen MR) is 103 cm³/mol. The molecule has 2 aliphatic carbocycles. The van der Waals surface area contributed by atoms with Gasteiger partial charge < -0.3 is 10.6 Å². The number of rotatable bonds is 8. The first-order chi connectivity index (χ1) is 12.8. The van der Waals surface area contributed by atoms with E-state index < -0.39 is 20.0 Å². The minimum Gasteiger partial charge on any atom is -0.351 e. The van der Waals surface area contributed by atoms with Crippen molar-refractivity contribution >= 4 is 19.6 Å². The molecule has 156 valence electrons. The lowest BCUT2D eigenvalue weighted by Gasteiger charge is -2.27. The first-order valence-corrected chi connectivity index (χ1v) is 11.7. The number of nitrogens with two attached hydrogens (primary N) is 1. The van der Waals surface area contributed by atoms with Crippen molar-refractivity contribution < 1.29 is 23.2 Å². The summed E-state index contributed by atoms with van der Waals surface area (Å²) in [5.74, 6) is -0.731. The predicted octanol–water partition coefficient (Wildman–Crippen LogP) is 2.76. The van der Waals surface area contributed by atoms with Crippen LogP contribution in [0.3, 0.4) is 0 Å². The van der Waals surface area contributed by atoms with Crippen molar-refractivity contribution in [2.45, 2.75) is 102 Å². The van der Waals surface area contributed by atoms with Crippen LogP contribution in [0.1, 0.15) is 78.1 Å². The fourth-order valence-corrected chi connectivity index (χ4v) is 4.81. The highest BCUT2D eigenvalue weighted by Gasteiger charge is 2.32. The number of nitrogens with one attached hydrogen (secondary N) is 2. The Kier molecular flexibility index (Phi) is 8.73. The van der Waals surface area contributed by atoms with Crippen molar-refractivity contribution in [3.05, 3.63) is 0 Å². The first kappa shape index (κ1) is 22.3. The summed E-state index contributed by atoms with van der Waals surface area (Å²) in [6.45, 7) is 2.96. The van der Waals surface area contributed by atoms with Crippen molar-refractivity contribution in [3.8, 4) is 0 Å². The zero-order chi connectivity index (χ0) is 19.9. The number of hydrogen-bond acceptors (Lipinski definition) is 5. The maximum Gasteiger partial charge on any atom is 0.404 e. The largest absolute Gasteiger partial charge is 0.404 e. The van der Waals surface area contributed by atoms with Crippen molar-refractivity contribution in [1.82, 2.24) is 10.6 Å². The van der Waals surface area contributed by atoms with Gasteiger partial charge in [0.1, 0.15) is 12.2 Å². The van der Waals surface area contributed by atoms with Gasteiger partial charge in [0.05, 0.1) is 0 Å². The second-order valence-electron chi connectivity index (χ2n) is 7.72. The average molecular weight is 403 g/mol. The van der Waals surface area contributed by atoms with E-state index in [2.05, 4.69) is 10.6 Å². The van der Waals surface area contributed by atoms with Gasteiger partial charge in [-0.3, -0.25) is 18.6 Å². The van der Waals surface area contributed by atoms with Crippen LogP contribution in [0.4, 0.5) is 0 Å². The van der Waals surface area contributed by atoms with Crippen LogP contribution in [0.5, 0.6) is 0 Å². The minimum absolute atomic E-state index is 0.121. The topological polar surface area (TPSA) is 120 Å². The fourth-order valence-electron chi connectivity index (χ4n) is 3.69. The molecule has 0 radical (unpaired) electrons. The highest BCUT2D eigenvalue weighted by molar-refractivity contribution is 7.51. The Morgan fingerprint density at radius 3 is 1.48 bits per heavy atom. The van der Waals surface area contributed by atoms with E-state index >= 15 is 0 Å². The number of carbonyl (C=O) groups excluding carboxylic acids is 2. The molecule has 2 fully saturated rings. The van der Waals surface area contributed by atoms with Crippen molar-refractivity contribution in [1.29, 1.82) is 0 Å². The van der Waals surface area contributed by atoms with Crippen LogP contribution >= 0.6 is 7.75 Å². The van der Waals surface area contributed by atoms with Crippen LogP contribution in [-0.4, -0.2) is 36.1 Å². The highest BCUT2D eigenvalue weighted by atomic mass is 31.2. The third-order valence-corrected chi connectivity index (χ3v) is 6.47. The van der Waals surface area contributed by atoms with E-state index in [0.717, 1.165) is 51.4 Å². The minimum atomic E-state index is -4.04. The Morgan fingerprint density at radius 1 is 0.815 bits per heavy atom. The third kappa shape index (κ3) is 7.90. The van der Waals surface area contributed by atoms with Crippen molar-refractivity contribution in [2.24, 2.45) is 5.50 Å². The summed E-state index contributed by atoms with van der Waals surface area (Å²) in [6, 6.07) is 0.242. The van der Waals surface area contributed by atoms with Gasteiger partial charge in [0.2, 0.25) is 11.8 Å². The molecule has 0 saturated heterocycles. The molecule has 0 aromatic carbocycles. The Labute approximate surface area is 161 Å². The van der Waals surface area contributed by atoms with E-state index in [1.165, 1.54) is 26.7 Å². The normalized spacial score (nSPS) is 22.0. The van der Waals surface area contributed by atoms with Gasteiger partial charge in [-0.1, -0.05) is 38.5 Å². The maximum atomic E-state index is 12.4. The summed E-state index contributed by atoms with van der Waals surface area (Å²) in [7, 11) is -4.04. The molecule has 8 nitrogen and oxygen atoms in total. The Bertz CT molecular complexity index is 503. The lowest BCUT2D eigenvalue weighted by atomic mass is 9.95. The second kappa shape index (κ2) is 10.6. The molecule has 27 heavy (non-hydrogen) atoms. The molecule has 2 atom stereocenters. The van der Waals surface area contributed by atoms with Gasteiger partial charge in [0.15, 0.2) is 0 Å². The third-order valence-electron chi connectivity index (χ3n) is 5.25. The zero-order valence-corrected chi connectivity index (χ0v) is 17.3. The van der Waals surface area contributed by atoms with E-state index in [9.17, 15) is 14.2 Å². The molecule has 0 spiro atoms. The van der Waals surface area contributed by atoms with Gasteiger partial charge in [-0.25, -0.2) is 10.1 Å². The molecule has 0 aliphatic heterocycles. The standard InChI is InChI=1S/C18H34N3O5P/c1-13(17(22)20-15-9-5-3-6-10-15)25-27(19,24)26-14(2)18(23)21-16-11-7-4-8-12-16/h13-16H,3-12H2,1-2H3,(H2,19,24)(H,20,22)(H,21,23)/t13-,14-/m0/s1. The van der Waals surface area contributed by atoms with Crippen LogP contribution in [0, 0.1) is 0 Å². The molecule has 4 N–H and O–H groups in total. The Hall–Kier alpha value is -0.950. The molecule has 2 aliphatic rings. The van der Waals surface area contributed by atoms with Gasteiger partial charge in [0, 0.05) is 12.1 Å².